The van der Waals surface area contributed by atoms with Crippen LogP contribution >= 0.6 is 11.8 Å². The lowest BCUT2D eigenvalue weighted by molar-refractivity contribution is -0.140. The average molecular weight is 272 g/mol. The van der Waals surface area contributed by atoms with Crippen molar-refractivity contribution in [3.63, 3.8) is 0 Å². The topological polar surface area (TPSA) is 63.0 Å². The Morgan fingerprint density at radius 1 is 1.47 bits per heavy atom. The third-order valence-corrected chi connectivity index (χ3v) is 3.51. The van der Waals surface area contributed by atoms with Gasteiger partial charge in [-0.1, -0.05) is 18.2 Å². The zero-order chi connectivity index (χ0) is 13.7. The first-order valence-electron chi connectivity index (χ1n) is 5.74. The molecule has 0 spiro atoms. The van der Waals surface area contributed by atoms with E-state index in [4.69, 9.17) is 5.26 Å². The second-order valence-corrected chi connectivity index (χ2v) is 4.93. The molecule has 0 aliphatic carbocycles. The Labute approximate surface area is 115 Å². The fraction of sp³-hybridized carbons (Fsp3) is 0.214. The number of hydrogen-bond donors (Lipinski definition) is 0. The minimum absolute atomic E-state index is 0.242. The van der Waals surface area contributed by atoms with Gasteiger partial charge in [0.1, 0.15) is 0 Å². The van der Waals surface area contributed by atoms with Gasteiger partial charge in [0.25, 0.3) is 0 Å². The van der Waals surface area contributed by atoms with Crippen molar-refractivity contribution < 1.29 is 9.53 Å². The Balaban J connectivity index is 2.20. The van der Waals surface area contributed by atoms with Crippen LogP contribution < -0.4 is 0 Å². The molecule has 96 valence electrons. The normalized spacial score (nSPS) is 10.1. The summed E-state index contributed by atoms with van der Waals surface area (Å²) in [5, 5.41) is 10.7. The second-order valence-electron chi connectivity index (χ2n) is 3.81. The zero-order valence-electron chi connectivity index (χ0n) is 10.4. The van der Waals surface area contributed by atoms with Gasteiger partial charge in [0, 0.05) is 11.1 Å². The first-order chi connectivity index (χ1) is 9.24. The number of methoxy groups -OCH3 is 1. The third-order valence-electron chi connectivity index (χ3n) is 2.60. The molecule has 0 radical (unpaired) electrons. The molecule has 0 atom stereocenters. The second kappa shape index (κ2) is 6.21. The van der Waals surface area contributed by atoms with Crippen molar-refractivity contribution in [2.75, 3.05) is 12.9 Å². The van der Waals surface area contributed by atoms with Gasteiger partial charge < -0.3 is 4.74 Å². The lowest BCUT2D eigenvalue weighted by Gasteiger charge is -2.04. The van der Waals surface area contributed by atoms with Crippen LogP contribution in [0.5, 0.6) is 0 Å². The van der Waals surface area contributed by atoms with E-state index >= 15 is 0 Å². The summed E-state index contributed by atoms with van der Waals surface area (Å²) in [6, 6.07) is 11.5. The number of fused-ring (bicyclic) bond motifs is 1. The van der Waals surface area contributed by atoms with Crippen molar-refractivity contribution in [2.45, 2.75) is 11.4 Å². The van der Waals surface area contributed by atoms with Crippen LogP contribution in [0.2, 0.25) is 0 Å². The number of thioether (sulfide) groups is 1. The first-order valence-corrected chi connectivity index (χ1v) is 6.72. The van der Waals surface area contributed by atoms with E-state index in [9.17, 15) is 4.79 Å². The molecule has 4 nitrogen and oxygen atoms in total. The van der Waals surface area contributed by atoms with E-state index in [0.717, 1.165) is 15.9 Å². The van der Waals surface area contributed by atoms with E-state index < -0.39 is 0 Å². The molecule has 1 aromatic heterocycles. The first kappa shape index (κ1) is 13.4. The van der Waals surface area contributed by atoms with Gasteiger partial charge >= 0.3 is 5.97 Å². The number of para-hydroxylation sites is 1. The molecule has 0 N–H and O–H groups in total. The van der Waals surface area contributed by atoms with E-state index in [1.807, 2.05) is 24.3 Å². The molecular formula is C14H12N2O2S. The van der Waals surface area contributed by atoms with Crippen LogP contribution in [0.4, 0.5) is 0 Å². The highest BCUT2D eigenvalue weighted by molar-refractivity contribution is 7.99. The van der Waals surface area contributed by atoms with Crippen molar-refractivity contribution in [3.8, 4) is 6.07 Å². The van der Waals surface area contributed by atoms with Crippen LogP contribution in [0.3, 0.4) is 0 Å². The number of esters is 1. The number of nitriles is 1. The number of ether oxygens (including phenoxy) is 1. The van der Waals surface area contributed by atoms with Gasteiger partial charge in [-0.3, -0.25) is 4.79 Å². The summed E-state index contributed by atoms with van der Waals surface area (Å²) in [4.78, 5) is 15.5. The number of carbonyl (C=O) groups is 1. The number of aromatic nitrogens is 1. The Morgan fingerprint density at radius 2 is 2.26 bits per heavy atom. The van der Waals surface area contributed by atoms with Crippen LogP contribution in [0.15, 0.2) is 35.4 Å². The number of benzene rings is 1. The van der Waals surface area contributed by atoms with Gasteiger partial charge in [-0.05, 0) is 12.1 Å². The van der Waals surface area contributed by atoms with Gasteiger partial charge in [-0.2, -0.15) is 5.26 Å². The highest BCUT2D eigenvalue weighted by Gasteiger charge is 2.07. The van der Waals surface area contributed by atoms with Gasteiger partial charge in [0.2, 0.25) is 0 Å². The van der Waals surface area contributed by atoms with Crippen molar-refractivity contribution in [2.24, 2.45) is 0 Å². The van der Waals surface area contributed by atoms with Gasteiger partial charge in [-0.25, -0.2) is 4.98 Å². The Morgan fingerprint density at radius 3 is 3.00 bits per heavy atom. The van der Waals surface area contributed by atoms with Crippen LogP contribution in [0, 0.1) is 11.3 Å². The fourth-order valence-electron chi connectivity index (χ4n) is 1.66. The molecule has 0 fully saturated rings. The summed E-state index contributed by atoms with van der Waals surface area (Å²) in [5.74, 6) is 0.344. The van der Waals surface area contributed by atoms with E-state index in [-0.39, 0.29) is 5.97 Å². The number of nitrogens with zero attached hydrogens (tertiary/aromatic N) is 2. The summed E-state index contributed by atoms with van der Waals surface area (Å²) in [6.45, 7) is 0. The summed E-state index contributed by atoms with van der Waals surface area (Å²) in [7, 11) is 1.37. The Hall–Kier alpha value is -2.06. The molecule has 1 aromatic carbocycles. The quantitative estimate of drug-likeness (QED) is 0.632. The molecule has 0 saturated carbocycles. The summed E-state index contributed by atoms with van der Waals surface area (Å²) >= 11 is 1.45. The van der Waals surface area contributed by atoms with Crippen LogP contribution in [0.1, 0.15) is 12.0 Å². The number of hydrogen-bond acceptors (Lipinski definition) is 5. The molecule has 0 bridgehead atoms. The van der Waals surface area contributed by atoms with Gasteiger partial charge in [0.05, 0.1) is 35.7 Å². The minimum atomic E-state index is -0.242. The fourth-order valence-corrected chi connectivity index (χ4v) is 2.50. The maximum absolute atomic E-state index is 11.0. The van der Waals surface area contributed by atoms with E-state index in [0.29, 0.717) is 17.7 Å². The maximum Gasteiger partial charge on any atom is 0.306 e. The predicted molar refractivity (Wildman–Crippen MR) is 73.8 cm³/mol. The number of rotatable bonds is 4. The SMILES string of the molecule is COC(=O)CCSc1cc(C#N)c2ccccc2n1. The molecule has 5 heteroatoms. The van der Waals surface area contributed by atoms with Crippen molar-refractivity contribution >= 4 is 28.6 Å². The summed E-state index contributed by atoms with van der Waals surface area (Å²) < 4.78 is 4.58. The zero-order valence-corrected chi connectivity index (χ0v) is 11.2. The lowest BCUT2D eigenvalue weighted by Crippen LogP contribution is -2.01. The van der Waals surface area contributed by atoms with E-state index in [2.05, 4.69) is 15.8 Å². The number of pyridine rings is 1. The largest absolute Gasteiger partial charge is 0.469 e. The molecule has 2 rings (SSSR count). The standard InChI is InChI=1S/C14H12N2O2S/c1-18-14(17)6-7-19-13-8-10(9-15)11-4-2-3-5-12(11)16-13/h2-5,8H,6-7H2,1H3. The molecule has 0 unspecified atom stereocenters. The van der Waals surface area contributed by atoms with Crippen LogP contribution in [-0.4, -0.2) is 23.8 Å². The van der Waals surface area contributed by atoms with Crippen molar-refractivity contribution in [3.05, 3.63) is 35.9 Å². The third kappa shape index (κ3) is 3.24. The predicted octanol–water partition coefficient (Wildman–Crippen LogP) is 2.76. The molecule has 1 heterocycles. The molecular weight excluding hydrogens is 260 g/mol. The lowest BCUT2D eigenvalue weighted by atomic mass is 10.1. The Kier molecular flexibility index (Phi) is 4.37. The molecule has 0 amide bonds. The molecule has 19 heavy (non-hydrogen) atoms. The van der Waals surface area contributed by atoms with E-state index in [1.165, 1.54) is 18.9 Å². The van der Waals surface area contributed by atoms with Crippen molar-refractivity contribution in [1.82, 2.24) is 4.98 Å². The van der Waals surface area contributed by atoms with Gasteiger partial charge in [-0.15, -0.1) is 11.8 Å². The smallest absolute Gasteiger partial charge is 0.306 e. The van der Waals surface area contributed by atoms with Crippen LogP contribution in [0.25, 0.3) is 10.9 Å². The van der Waals surface area contributed by atoms with Crippen molar-refractivity contribution in [1.29, 1.82) is 5.26 Å². The highest BCUT2D eigenvalue weighted by Crippen LogP contribution is 2.24. The monoisotopic (exact) mass is 272 g/mol. The summed E-state index contributed by atoms with van der Waals surface area (Å²) in [5.41, 5.74) is 1.40. The highest BCUT2D eigenvalue weighted by atomic mass is 32.2. The average Bonchev–Trinajstić information content (AvgIpc) is 2.46. The summed E-state index contributed by atoms with van der Waals surface area (Å²) in [6.07, 6.45) is 0.331. The van der Waals surface area contributed by atoms with Gasteiger partial charge in [0.15, 0.2) is 0 Å². The van der Waals surface area contributed by atoms with E-state index in [1.54, 1.807) is 6.07 Å². The number of carbonyl (C=O) groups excluding carboxylic acids is 1. The Bertz CT molecular complexity index is 649. The maximum atomic E-state index is 11.0. The molecule has 0 aliphatic heterocycles. The minimum Gasteiger partial charge on any atom is -0.469 e. The molecule has 0 aliphatic rings. The van der Waals surface area contributed by atoms with Crippen LogP contribution in [-0.2, 0) is 9.53 Å². The molecule has 0 saturated heterocycles. The molecule has 2 aromatic rings.